The highest BCUT2D eigenvalue weighted by atomic mass is 16.1. The largest absolute Gasteiger partial charge is 0.368 e. The van der Waals surface area contributed by atoms with E-state index >= 15 is 0 Å². The van der Waals surface area contributed by atoms with Crippen molar-refractivity contribution in [1.29, 1.82) is 0 Å². The third-order valence-corrected chi connectivity index (χ3v) is 7.01. The summed E-state index contributed by atoms with van der Waals surface area (Å²) in [7, 11) is 0. The number of likely N-dealkylation sites (N-methyl/N-ethyl adjacent to an activating group) is 1. The van der Waals surface area contributed by atoms with Crippen LogP contribution < -0.4 is 5.32 Å². The summed E-state index contributed by atoms with van der Waals surface area (Å²) in [6, 6.07) is 8.04. The Labute approximate surface area is 197 Å². The molecule has 1 aromatic carbocycles. The van der Waals surface area contributed by atoms with Crippen LogP contribution in [0.1, 0.15) is 61.6 Å². The number of H-pyrrole nitrogens is 1. The maximum absolute atomic E-state index is 12.9. The van der Waals surface area contributed by atoms with Crippen LogP contribution in [0.3, 0.4) is 0 Å². The molecule has 2 N–H and O–H groups in total. The molecule has 1 fully saturated rings. The van der Waals surface area contributed by atoms with Gasteiger partial charge in [0.2, 0.25) is 5.69 Å². The van der Waals surface area contributed by atoms with E-state index in [0.29, 0.717) is 16.8 Å². The van der Waals surface area contributed by atoms with Crippen LogP contribution in [0.5, 0.6) is 0 Å². The van der Waals surface area contributed by atoms with Crippen molar-refractivity contribution >= 4 is 22.9 Å². The predicted molar refractivity (Wildman–Crippen MR) is 134 cm³/mol. The van der Waals surface area contributed by atoms with Crippen LogP contribution in [0, 0.1) is 12.0 Å². The minimum absolute atomic E-state index is 0.216. The molecular weight excluding hydrogens is 410 g/mol. The number of anilines is 1. The average Bonchev–Trinajstić information content (AvgIpc) is 3.30. The van der Waals surface area contributed by atoms with Crippen molar-refractivity contribution in [3.8, 4) is 0 Å². The molecule has 1 aromatic heterocycles. The first-order valence-electron chi connectivity index (χ1n) is 12.0. The molecule has 0 bridgehead atoms. The number of allylic oxidation sites excluding steroid dienone is 2. The van der Waals surface area contributed by atoms with Crippen LogP contribution in [0.4, 0.5) is 11.4 Å². The number of nitrogens with zero attached hydrogens (tertiary/aromatic N) is 3. The molecule has 1 aliphatic carbocycles. The van der Waals surface area contributed by atoms with Gasteiger partial charge in [0.1, 0.15) is 0 Å². The number of hydrogen-bond acceptors (Lipinski definition) is 3. The summed E-state index contributed by atoms with van der Waals surface area (Å²) < 4.78 is 0. The molecule has 0 spiro atoms. The zero-order chi connectivity index (χ0) is 23.4. The van der Waals surface area contributed by atoms with Crippen LogP contribution >= 0.6 is 0 Å². The maximum atomic E-state index is 12.9. The smallest absolute Gasteiger partial charge is 0.270 e. The van der Waals surface area contributed by atoms with Gasteiger partial charge in [0.25, 0.3) is 5.91 Å². The van der Waals surface area contributed by atoms with E-state index in [0.717, 1.165) is 69.8 Å². The van der Waals surface area contributed by atoms with Gasteiger partial charge in [-0.1, -0.05) is 32.9 Å². The molecule has 2 heterocycles. The van der Waals surface area contributed by atoms with Crippen molar-refractivity contribution in [2.24, 2.45) is 5.41 Å². The normalized spacial score (nSPS) is 19.0. The Kier molecular flexibility index (Phi) is 7.02. The number of nitrogens with one attached hydrogen (secondary N) is 2. The molecule has 1 amide bonds. The van der Waals surface area contributed by atoms with E-state index < -0.39 is 0 Å². The lowest BCUT2D eigenvalue weighted by molar-refractivity contribution is 0.102. The Morgan fingerprint density at radius 1 is 1.18 bits per heavy atom. The van der Waals surface area contributed by atoms with Crippen molar-refractivity contribution in [2.75, 3.05) is 38.0 Å². The third kappa shape index (κ3) is 5.73. The number of aromatic nitrogens is 1. The number of benzene rings is 1. The molecule has 0 saturated carbocycles. The summed E-state index contributed by atoms with van der Waals surface area (Å²) in [5.41, 5.74) is 5.73. The highest BCUT2D eigenvalue weighted by Crippen LogP contribution is 2.40. The lowest BCUT2D eigenvalue weighted by Crippen LogP contribution is -2.45. The van der Waals surface area contributed by atoms with Gasteiger partial charge in [-0.2, -0.15) is 0 Å². The first-order valence-corrected chi connectivity index (χ1v) is 12.0. The van der Waals surface area contributed by atoms with Gasteiger partial charge in [-0.05, 0) is 60.6 Å². The number of piperazine rings is 1. The van der Waals surface area contributed by atoms with Crippen molar-refractivity contribution in [1.82, 2.24) is 14.8 Å². The SMILES string of the molecule is [C-]#[N+]c1c[nH]c(C(=O)Nc2ccc(CN3CCN(CC)CC3)cc2C2=CCC(C)(C)CC2)c1. The topological polar surface area (TPSA) is 55.7 Å². The molecular formula is C27H35N5O. The molecule has 174 valence electrons. The first-order chi connectivity index (χ1) is 15.9. The zero-order valence-corrected chi connectivity index (χ0v) is 20.1. The molecule has 0 unspecified atom stereocenters. The summed E-state index contributed by atoms with van der Waals surface area (Å²) in [4.78, 5) is 24.2. The monoisotopic (exact) mass is 445 g/mol. The molecule has 6 nitrogen and oxygen atoms in total. The van der Waals surface area contributed by atoms with E-state index in [9.17, 15) is 4.79 Å². The number of hydrogen-bond donors (Lipinski definition) is 2. The van der Waals surface area contributed by atoms with E-state index in [4.69, 9.17) is 6.57 Å². The minimum Gasteiger partial charge on any atom is -0.368 e. The van der Waals surface area contributed by atoms with Gasteiger partial charge >= 0.3 is 0 Å². The summed E-state index contributed by atoms with van der Waals surface area (Å²) >= 11 is 0. The Morgan fingerprint density at radius 2 is 1.94 bits per heavy atom. The average molecular weight is 446 g/mol. The maximum Gasteiger partial charge on any atom is 0.270 e. The summed E-state index contributed by atoms with van der Waals surface area (Å²) in [6.45, 7) is 20.5. The highest BCUT2D eigenvalue weighted by molar-refractivity contribution is 6.05. The number of aromatic amines is 1. The molecule has 2 aliphatic rings. The second kappa shape index (κ2) is 9.94. The summed E-state index contributed by atoms with van der Waals surface area (Å²) in [5, 5.41) is 3.09. The van der Waals surface area contributed by atoms with Crippen molar-refractivity contribution in [2.45, 2.75) is 46.6 Å². The molecule has 33 heavy (non-hydrogen) atoms. The van der Waals surface area contributed by atoms with Gasteiger partial charge in [-0.15, -0.1) is 0 Å². The summed E-state index contributed by atoms with van der Waals surface area (Å²) in [5.74, 6) is -0.216. The number of amides is 1. The van der Waals surface area contributed by atoms with Gasteiger partial charge in [-0.25, -0.2) is 4.85 Å². The minimum atomic E-state index is -0.216. The Morgan fingerprint density at radius 3 is 2.58 bits per heavy atom. The van der Waals surface area contributed by atoms with Crippen LogP contribution in [-0.2, 0) is 6.54 Å². The number of rotatable bonds is 6. The Hall–Kier alpha value is -2.88. The van der Waals surface area contributed by atoms with E-state index in [1.54, 1.807) is 12.3 Å². The van der Waals surface area contributed by atoms with Crippen LogP contribution in [-0.4, -0.2) is 53.4 Å². The molecule has 6 heteroatoms. The van der Waals surface area contributed by atoms with Gasteiger partial charge in [0.05, 0.1) is 12.3 Å². The lowest BCUT2D eigenvalue weighted by atomic mass is 9.76. The van der Waals surface area contributed by atoms with Gasteiger partial charge in [-0.3, -0.25) is 9.69 Å². The predicted octanol–water partition coefficient (Wildman–Crippen LogP) is 5.55. The number of carbonyl (C=O) groups excluding carboxylic acids is 1. The lowest BCUT2D eigenvalue weighted by Gasteiger charge is -2.34. The standard InChI is InChI=1S/C27H35N5O/c1-5-31-12-14-32(15-13-31)19-20-6-7-24(30-26(33)25-17-22(28-4)18-29-25)23(16-20)21-8-10-27(2,3)11-9-21/h6-8,16-18,29H,5,9-15,19H2,1-3H3,(H,30,33). The van der Waals surface area contributed by atoms with Crippen molar-refractivity contribution < 1.29 is 4.79 Å². The molecule has 4 rings (SSSR count). The van der Waals surface area contributed by atoms with Gasteiger partial charge in [0, 0.05) is 50.2 Å². The Balaban J connectivity index is 1.57. The summed E-state index contributed by atoms with van der Waals surface area (Å²) in [6.07, 6.45) is 7.11. The molecule has 0 atom stereocenters. The second-order valence-corrected chi connectivity index (χ2v) is 10.0. The van der Waals surface area contributed by atoms with Crippen LogP contribution in [0.25, 0.3) is 10.4 Å². The van der Waals surface area contributed by atoms with Gasteiger partial charge in [0.15, 0.2) is 0 Å². The first kappa shape index (κ1) is 23.3. The molecule has 1 saturated heterocycles. The van der Waals surface area contributed by atoms with Crippen LogP contribution in [0.2, 0.25) is 0 Å². The third-order valence-electron chi connectivity index (χ3n) is 7.01. The quantitative estimate of drug-likeness (QED) is 0.573. The fourth-order valence-corrected chi connectivity index (χ4v) is 4.68. The van der Waals surface area contributed by atoms with Gasteiger partial charge < -0.3 is 15.2 Å². The fourth-order valence-electron chi connectivity index (χ4n) is 4.68. The van der Waals surface area contributed by atoms with Crippen molar-refractivity contribution in [3.63, 3.8) is 0 Å². The second-order valence-electron chi connectivity index (χ2n) is 10.0. The van der Waals surface area contributed by atoms with E-state index in [-0.39, 0.29) is 5.91 Å². The fraction of sp³-hybridized carbons (Fsp3) is 0.481. The van der Waals surface area contributed by atoms with Crippen LogP contribution in [0.15, 0.2) is 36.5 Å². The number of carbonyl (C=O) groups is 1. The Bertz CT molecular complexity index is 1070. The molecule has 2 aromatic rings. The van der Waals surface area contributed by atoms with Crippen molar-refractivity contribution in [3.05, 3.63) is 64.8 Å². The van der Waals surface area contributed by atoms with E-state index in [2.05, 4.69) is 63.9 Å². The highest BCUT2D eigenvalue weighted by Gasteiger charge is 2.24. The van der Waals surface area contributed by atoms with E-state index in [1.807, 2.05) is 6.07 Å². The van der Waals surface area contributed by atoms with E-state index in [1.165, 1.54) is 11.1 Å². The zero-order valence-electron chi connectivity index (χ0n) is 20.1. The molecule has 0 radical (unpaired) electrons. The molecule has 1 aliphatic heterocycles.